The van der Waals surface area contributed by atoms with Crippen LogP contribution in [0.1, 0.15) is 30.5 Å². The van der Waals surface area contributed by atoms with E-state index in [0.717, 1.165) is 48.7 Å². The van der Waals surface area contributed by atoms with E-state index >= 15 is 0 Å². The van der Waals surface area contributed by atoms with Gasteiger partial charge in [-0.1, -0.05) is 18.2 Å². The molecule has 2 aromatic carbocycles. The van der Waals surface area contributed by atoms with Crippen LogP contribution in [-0.2, 0) is 6.18 Å². The quantitative estimate of drug-likeness (QED) is 0.273. The molecule has 7 nitrogen and oxygen atoms in total. The third-order valence-corrected chi connectivity index (χ3v) is 7.32. The number of nitrogen functional groups attached to an aromatic ring is 1. The van der Waals surface area contributed by atoms with Crippen molar-refractivity contribution in [3.05, 3.63) is 71.9 Å². The summed E-state index contributed by atoms with van der Waals surface area (Å²) in [5, 5.41) is 13.3. The van der Waals surface area contributed by atoms with Gasteiger partial charge in [-0.15, -0.1) is 0 Å². The number of nitriles is 1. The molecule has 1 aliphatic heterocycles. The number of rotatable bonds is 7. The molecule has 0 amide bonds. The maximum absolute atomic E-state index is 14.0. The van der Waals surface area contributed by atoms with Gasteiger partial charge in [0.05, 0.1) is 34.8 Å². The van der Waals surface area contributed by atoms with Gasteiger partial charge >= 0.3 is 6.18 Å². The monoisotopic (exact) mass is 546 g/mol. The van der Waals surface area contributed by atoms with Crippen LogP contribution in [0.15, 0.2) is 60.7 Å². The van der Waals surface area contributed by atoms with Crippen molar-refractivity contribution in [3.63, 3.8) is 0 Å². The second-order valence-corrected chi connectivity index (χ2v) is 9.82. The van der Waals surface area contributed by atoms with E-state index in [-0.39, 0.29) is 35.0 Å². The standard InChI is InChI=1S/C30H29F3N6O/c1-36-25-17-24(37-26(18-34)29(25)35)21-6-8-27(22(16-21)30(31,32)33)40-15-12-19-10-13-39(14-11-19)28-9-7-20-4-2-3-5-23(20)38-28/h2-9,16-17,19H,10-15,35H2,1H3,(H,36,37). The molecule has 1 aliphatic rings. The number of nitrogens with zero attached hydrogens (tertiary/aromatic N) is 4. The van der Waals surface area contributed by atoms with Crippen LogP contribution in [0.2, 0.25) is 0 Å². The zero-order valence-electron chi connectivity index (χ0n) is 22.0. The molecule has 2 aromatic heterocycles. The Morgan fingerprint density at radius 1 is 1.07 bits per heavy atom. The molecule has 0 unspecified atom stereocenters. The molecule has 0 spiro atoms. The number of ether oxygens (including phenoxy) is 1. The Morgan fingerprint density at radius 3 is 2.58 bits per heavy atom. The second kappa shape index (κ2) is 11.3. The normalized spacial score (nSPS) is 14.2. The number of fused-ring (bicyclic) bond motifs is 1. The van der Waals surface area contributed by atoms with Gasteiger partial charge < -0.3 is 20.7 Å². The number of pyridine rings is 2. The van der Waals surface area contributed by atoms with Gasteiger partial charge in [0.2, 0.25) is 0 Å². The molecule has 0 atom stereocenters. The number of anilines is 3. The minimum Gasteiger partial charge on any atom is -0.493 e. The van der Waals surface area contributed by atoms with Crippen molar-refractivity contribution in [1.82, 2.24) is 9.97 Å². The highest BCUT2D eigenvalue weighted by Crippen LogP contribution is 2.39. The van der Waals surface area contributed by atoms with E-state index in [0.29, 0.717) is 18.0 Å². The van der Waals surface area contributed by atoms with Gasteiger partial charge in [0.25, 0.3) is 0 Å². The predicted molar refractivity (Wildman–Crippen MR) is 150 cm³/mol. The first-order valence-electron chi connectivity index (χ1n) is 13.1. The summed E-state index contributed by atoms with van der Waals surface area (Å²) >= 11 is 0. The second-order valence-electron chi connectivity index (χ2n) is 9.82. The van der Waals surface area contributed by atoms with Crippen molar-refractivity contribution < 1.29 is 17.9 Å². The Kier molecular flexibility index (Phi) is 7.65. The van der Waals surface area contributed by atoms with Crippen molar-refractivity contribution >= 4 is 28.1 Å². The first kappa shape index (κ1) is 27.1. The molecule has 0 bridgehead atoms. The number of aromatic nitrogens is 2. The van der Waals surface area contributed by atoms with E-state index in [9.17, 15) is 18.4 Å². The number of hydrogen-bond donors (Lipinski definition) is 2. The first-order valence-corrected chi connectivity index (χ1v) is 13.1. The molecule has 40 heavy (non-hydrogen) atoms. The fraction of sp³-hybridized carbons (Fsp3) is 0.300. The highest BCUT2D eigenvalue weighted by atomic mass is 19.4. The smallest absolute Gasteiger partial charge is 0.419 e. The summed E-state index contributed by atoms with van der Waals surface area (Å²) in [4.78, 5) is 11.2. The third-order valence-electron chi connectivity index (χ3n) is 7.32. The van der Waals surface area contributed by atoms with Gasteiger partial charge in [0.1, 0.15) is 17.6 Å². The number of benzene rings is 2. The molecule has 0 aliphatic carbocycles. The maximum atomic E-state index is 14.0. The summed E-state index contributed by atoms with van der Waals surface area (Å²) in [6.45, 7) is 1.86. The van der Waals surface area contributed by atoms with E-state index in [2.05, 4.69) is 21.3 Å². The lowest BCUT2D eigenvalue weighted by Gasteiger charge is -2.33. The zero-order chi connectivity index (χ0) is 28.3. The first-order chi connectivity index (χ1) is 19.3. The van der Waals surface area contributed by atoms with Crippen LogP contribution in [-0.4, -0.2) is 36.7 Å². The van der Waals surface area contributed by atoms with Crippen molar-refractivity contribution in [2.45, 2.75) is 25.4 Å². The molecule has 5 rings (SSSR count). The lowest BCUT2D eigenvalue weighted by atomic mass is 9.94. The van der Waals surface area contributed by atoms with Crippen LogP contribution in [0.3, 0.4) is 0 Å². The van der Waals surface area contributed by atoms with Crippen molar-refractivity contribution in [3.8, 4) is 23.1 Å². The number of halogens is 3. The molecule has 206 valence electrons. The Morgan fingerprint density at radius 2 is 1.85 bits per heavy atom. The van der Waals surface area contributed by atoms with Crippen molar-refractivity contribution in [1.29, 1.82) is 5.26 Å². The number of nitrogens with two attached hydrogens (primary N) is 1. The van der Waals surface area contributed by atoms with E-state index in [1.165, 1.54) is 18.2 Å². The predicted octanol–water partition coefficient (Wildman–Crippen LogP) is 6.50. The average molecular weight is 547 g/mol. The largest absolute Gasteiger partial charge is 0.493 e. The maximum Gasteiger partial charge on any atom is 0.419 e. The Balaban J connectivity index is 1.23. The van der Waals surface area contributed by atoms with Crippen LogP contribution in [0.25, 0.3) is 22.2 Å². The zero-order valence-corrected chi connectivity index (χ0v) is 22.0. The van der Waals surface area contributed by atoms with Crippen molar-refractivity contribution in [2.75, 3.05) is 42.7 Å². The van der Waals surface area contributed by atoms with Gasteiger partial charge in [-0.25, -0.2) is 9.97 Å². The van der Waals surface area contributed by atoms with Gasteiger partial charge in [-0.05, 0) is 67.6 Å². The van der Waals surface area contributed by atoms with Gasteiger partial charge in [-0.2, -0.15) is 18.4 Å². The minimum atomic E-state index is -4.62. The summed E-state index contributed by atoms with van der Waals surface area (Å²) < 4.78 is 47.6. The molecule has 3 heterocycles. The highest BCUT2D eigenvalue weighted by Gasteiger charge is 2.35. The van der Waals surface area contributed by atoms with Gasteiger partial charge in [0, 0.05) is 31.1 Å². The lowest BCUT2D eigenvalue weighted by Crippen LogP contribution is -2.34. The SMILES string of the molecule is CNc1cc(-c2ccc(OCCC3CCN(c4ccc5ccccc5n4)CC3)c(C(F)(F)F)c2)nc(C#N)c1N. The summed E-state index contributed by atoms with van der Waals surface area (Å²) in [6, 6.07) is 19.4. The number of nitrogens with one attached hydrogen (secondary N) is 1. The van der Waals surface area contributed by atoms with E-state index in [1.54, 1.807) is 7.05 Å². The number of hydrogen-bond acceptors (Lipinski definition) is 7. The molecular formula is C30H29F3N6O. The molecule has 0 saturated carbocycles. The van der Waals surface area contributed by atoms with Crippen molar-refractivity contribution in [2.24, 2.45) is 5.92 Å². The molecular weight excluding hydrogens is 517 g/mol. The highest BCUT2D eigenvalue weighted by molar-refractivity contribution is 5.80. The van der Waals surface area contributed by atoms with Crippen LogP contribution in [0.4, 0.5) is 30.4 Å². The topological polar surface area (TPSA) is 100 Å². The number of para-hydroxylation sites is 1. The average Bonchev–Trinajstić information content (AvgIpc) is 2.97. The minimum absolute atomic E-state index is 0.0572. The van der Waals surface area contributed by atoms with Crippen LogP contribution in [0, 0.1) is 17.2 Å². The molecule has 0 radical (unpaired) electrons. The van der Waals surface area contributed by atoms with Crippen LogP contribution >= 0.6 is 0 Å². The molecule has 10 heteroatoms. The molecule has 3 N–H and O–H groups in total. The Hall–Kier alpha value is -4.52. The van der Waals surface area contributed by atoms with Crippen LogP contribution in [0.5, 0.6) is 5.75 Å². The van der Waals surface area contributed by atoms with Gasteiger partial charge in [-0.3, -0.25) is 0 Å². The Labute approximate surface area is 230 Å². The Bertz CT molecular complexity index is 1560. The van der Waals surface area contributed by atoms with E-state index in [1.807, 2.05) is 36.4 Å². The van der Waals surface area contributed by atoms with E-state index < -0.39 is 11.7 Å². The van der Waals surface area contributed by atoms with Crippen LogP contribution < -0.4 is 20.7 Å². The molecule has 1 fully saturated rings. The fourth-order valence-corrected chi connectivity index (χ4v) is 5.05. The third kappa shape index (κ3) is 5.73. The lowest BCUT2D eigenvalue weighted by molar-refractivity contribution is -0.138. The number of piperidine rings is 1. The summed E-state index contributed by atoms with van der Waals surface area (Å²) in [5.41, 5.74) is 6.89. The summed E-state index contributed by atoms with van der Waals surface area (Å²) in [7, 11) is 1.61. The number of alkyl halides is 3. The molecule has 4 aromatic rings. The molecule has 1 saturated heterocycles. The fourth-order valence-electron chi connectivity index (χ4n) is 5.05. The summed E-state index contributed by atoms with van der Waals surface area (Å²) in [6.07, 6.45) is -2.13. The van der Waals surface area contributed by atoms with Gasteiger partial charge in [0.15, 0.2) is 5.69 Å². The summed E-state index contributed by atoms with van der Waals surface area (Å²) in [5.74, 6) is 1.08. The van der Waals surface area contributed by atoms with E-state index in [4.69, 9.17) is 15.5 Å².